The van der Waals surface area contributed by atoms with E-state index >= 15 is 0 Å². The normalized spacial score (nSPS) is 13.6. The van der Waals surface area contributed by atoms with Crippen molar-refractivity contribution in [1.82, 2.24) is 4.98 Å². The van der Waals surface area contributed by atoms with Gasteiger partial charge in [0.15, 0.2) is 0 Å². The summed E-state index contributed by atoms with van der Waals surface area (Å²) >= 11 is 5.80. The molecule has 0 radical (unpaired) electrons. The molecule has 18 heavy (non-hydrogen) atoms. The zero-order valence-corrected chi connectivity index (χ0v) is 10.2. The van der Waals surface area contributed by atoms with E-state index in [2.05, 4.69) is 11.1 Å². The van der Waals surface area contributed by atoms with Gasteiger partial charge in [-0.25, -0.2) is 0 Å². The number of hydrogen-bond acceptors (Lipinski definition) is 3. The second kappa shape index (κ2) is 5.63. The van der Waals surface area contributed by atoms with Gasteiger partial charge in [0.25, 0.3) is 0 Å². The first-order valence-electron chi connectivity index (χ1n) is 5.45. The number of pyridine rings is 1. The van der Waals surface area contributed by atoms with Gasteiger partial charge in [0.2, 0.25) is 0 Å². The van der Waals surface area contributed by atoms with Crippen LogP contribution in [0, 0.1) is 11.3 Å². The summed E-state index contributed by atoms with van der Waals surface area (Å²) in [5.41, 5.74) is 1.36. The standard InChI is InChI=1S/C14H11ClN2O/c15-12-5-3-10(4-6-12)13(8-16)14(18)11-2-1-7-17-9-11/h1-7,9,13-14,18H. The zero-order chi connectivity index (χ0) is 13.0. The Morgan fingerprint density at radius 2 is 1.89 bits per heavy atom. The molecule has 1 N–H and O–H groups in total. The molecule has 0 aliphatic rings. The first kappa shape index (κ1) is 12.6. The average Bonchev–Trinajstić information content (AvgIpc) is 2.42. The Balaban J connectivity index is 2.30. The number of halogens is 1. The van der Waals surface area contributed by atoms with Crippen LogP contribution in [0.5, 0.6) is 0 Å². The maximum Gasteiger partial charge on any atom is 0.101 e. The molecule has 3 nitrogen and oxygen atoms in total. The molecule has 0 saturated carbocycles. The molecule has 0 spiro atoms. The lowest BCUT2D eigenvalue weighted by Gasteiger charge is -2.17. The van der Waals surface area contributed by atoms with E-state index in [0.29, 0.717) is 10.6 Å². The highest BCUT2D eigenvalue weighted by Gasteiger charge is 2.22. The molecular formula is C14H11ClN2O. The van der Waals surface area contributed by atoms with Crippen molar-refractivity contribution in [2.45, 2.75) is 12.0 Å². The zero-order valence-electron chi connectivity index (χ0n) is 9.49. The molecule has 2 atom stereocenters. The maximum atomic E-state index is 10.2. The van der Waals surface area contributed by atoms with E-state index in [9.17, 15) is 10.4 Å². The SMILES string of the molecule is N#CC(c1ccc(Cl)cc1)C(O)c1cccnc1. The number of aliphatic hydroxyl groups excluding tert-OH is 1. The number of aliphatic hydroxyl groups is 1. The molecule has 0 fully saturated rings. The predicted octanol–water partition coefficient (Wildman–Crippen LogP) is 3.08. The van der Waals surface area contributed by atoms with Gasteiger partial charge in [-0.3, -0.25) is 4.98 Å². The number of rotatable bonds is 3. The molecule has 2 unspecified atom stereocenters. The van der Waals surface area contributed by atoms with Crippen LogP contribution < -0.4 is 0 Å². The molecule has 2 aromatic rings. The van der Waals surface area contributed by atoms with Crippen LogP contribution in [0.1, 0.15) is 23.1 Å². The summed E-state index contributed by atoms with van der Waals surface area (Å²) in [6, 6.07) is 12.5. The number of hydrogen-bond donors (Lipinski definition) is 1. The molecule has 1 aromatic carbocycles. The Morgan fingerprint density at radius 1 is 1.17 bits per heavy atom. The van der Waals surface area contributed by atoms with Gasteiger partial charge < -0.3 is 5.11 Å². The smallest absolute Gasteiger partial charge is 0.101 e. The Hall–Kier alpha value is -1.89. The summed E-state index contributed by atoms with van der Waals surface area (Å²) in [7, 11) is 0. The van der Waals surface area contributed by atoms with Crippen molar-refractivity contribution in [1.29, 1.82) is 5.26 Å². The van der Waals surface area contributed by atoms with Gasteiger partial charge in [-0.2, -0.15) is 5.26 Å². The van der Waals surface area contributed by atoms with Crippen LogP contribution in [0.25, 0.3) is 0 Å². The number of benzene rings is 1. The molecule has 2 rings (SSSR count). The topological polar surface area (TPSA) is 56.9 Å². The summed E-state index contributed by atoms with van der Waals surface area (Å²) in [6.07, 6.45) is 2.29. The van der Waals surface area contributed by atoms with E-state index < -0.39 is 12.0 Å². The van der Waals surface area contributed by atoms with Crippen LogP contribution in [0.4, 0.5) is 0 Å². The Kier molecular flexibility index (Phi) is 3.93. The van der Waals surface area contributed by atoms with Crippen molar-refractivity contribution in [3.05, 3.63) is 64.9 Å². The third kappa shape index (κ3) is 2.67. The summed E-state index contributed by atoms with van der Waals surface area (Å²) < 4.78 is 0. The molecule has 1 heterocycles. The number of nitriles is 1. The highest BCUT2D eigenvalue weighted by atomic mass is 35.5. The molecule has 4 heteroatoms. The van der Waals surface area contributed by atoms with E-state index in [0.717, 1.165) is 5.56 Å². The fourth-order valence-corrected chi connectivity index (χ4v) is 1.87. The van der Waals surface area contributed by atoms with Crippen LogP contribution in [-0.2, 0) is 0 Å². The van der Waals surface area contributed by atoms with Crippen molar-refractivity contribution >= 4 is 11.6 Å². The fourth-order valence-electron chi connectivity index (χ4n) is 1.74. The van der Waals surface area contributed by atoms with Gasteiger partial charge in [0, 0.05) is 23.0 Å². The van der Waals surface area contributed by atoms with E-state index in [-0.39, 0.29) is 0 Å². The minimum atomic E-state index is -0.898. The highest BCUT2D eigenvalue weighted by molar-refractivity contribution is 6.30. The van der Waals surface area contributed by atoms with Crippen molar-refractivity contribution in [2.24, 2.45) is 0 Å². The maximum absolute atomic E-state index is 10.2. The summed E-state index contributed by atoms with van der Waals surface area (Å²) in [5.74, 6) is -0.633. The van der Waals surface area contributed by atoms with E-state index in [1.165, 1.54) is 0 Å². The van der Waals surface area contributed by atoms with Crippen LogP contribution >= 0.6 is 11.6 Å². The van der Waals surface area contributed by atoms with E-state index in [1.54, 1.807) is 48.8 Å². The van der Waals surface area contributed by atoms with Crippen LogP contribution in [0.2, 0.25) is 5.02 Å². The Bertz CT molecular complexity index is 548. The quantitative estimate of drug-likeness (QED) is 0.920. The summed E-state index contributed by atoms with van der Waals surface area (Å²) in [6.45, 7) is 0. The largest absolute Gasteiger partial charge is 0.387 e. The lowest BCUT2D eigenvalue weighted by Crippen LogP contribution is -2.09. The third-order valence-corrected chi connectivity index (χ3v) is 2.96. The molecule has 0 aliphatic carbocycles. The second-order valence-corrected chi connectivity index (χ2v) is 4.33. The van der Waals surface area contributed by atoms with Gasteiger partial charge >= 0.3 is 0 Å². The summed E-state index contributed by atoms with van der Waals surface area (Å²) in [5, 5.41) is 20.0. The molecule has 1 aromatic heterocycles. The van der Waals surface area contributed by atoms with Crippen molar-refractivity contribution in [3.8, 4) is 6.07 Å². The van der Waals surface area contributed by atoms with Crippen molar-refractivity contribution in [2.75, 3.05) is 0 Å². The Labute approximate surface area is 110 Å². The van der Waals surface area contributed by atoms with E-state index in [4.69, 9.17) is 11.6 Å². The molecule has 0 bridgehead atoms. The monoisotopic (exact) mass is 258 g/mol. The lowest BCUT2D eigenvalue weighted by molar-refractivity contribution is 0.164. The minimum absolute atomic E-state index is 0.603. The molecule has 0 amide bonds. The highest BCUT2D eigenvalue weighted by Crippen LogP contribution is 2.30. The molecular weight excluding hydrogens is 248 g/mol. The number of aromatic nitrogens is 1. The molecule has 90 valence electrons. The lowest BCUT2D eigenvalue weighted by atomic mass is 9.91. The van der Waals surface area contributed by atoms with Gasteiger partial charge in [-0.1, -0.05) is 29.8 Å². The Morgan fingerprint density at radius 3 is 2.44 bits per heavy atom. The summed E-state index contributed by atoms with van der Waals surface area (Å²) in [4.78, 5) is 3.94. The van der Waals surface area contributed by atoms with Gasteiger partial charge in [0.1, 0.15) is 12.0 Å². The van der Waals surface area contributed by atoms with Crippen LogP contribution in [0.15, 0.2) is 48.8 Å². The number of nitrogens with zero attached hydrogens (tertiary/aromatic N) is 2. The molecule has 0 aliphatic heterocycles. The average molecular weight is 259 g/mol. The van der Waals surface area contributed by atoms with Gasteiger partial charge in [-0.05, 0) is 23.8 Å². The third-order valence-electron chi connectivity index (χ3n) is 2.71. The minimum Gasteiger partial charge on any atom is -0.387 e. The van der Waals surface area contributed by atoms with Crippen molar-refractivity contribution in [3.63, 3.8) is 0 Å². The first-order valence-corrected chi connectivity index (χ1v) is 5.83. The first-order chi connectivity index (χ1) is 8.72. The molecule has 0 saturated heterocycles. The van der Waals surface area contributed by atoms with Gasteiger partial charge in [0.05, 0.1) is 6.07 Å². The van der Waals surface area contributed by atoms with Crippen LogP contribution in [-0.4, -0.2) is 10.1 Å². The fraction of sp³-hybridized carbons (Fsp3) is 0.143. The van der Waals surface area contributed by atoms with E-state index in [1.807, 2.05) is 0 Å². The van der Waals surface area contributed by atoms with Crippen LogP contribution in [0.3, 0.4) is 0 Å². The predicted molar refractivity (Wildman–Crippen MR) is 69.0 cm³/mol. The van der Waals surface area contributed by atoms with Crippen molar-refractivity contribution < 1.29 is 5.11 Å². The van der Waals surface area contributed by atoms with Gasteiger partial charge in [-0.15, -0.1) is 0 Å². The second-order valence-electron chi connectivity index (χ2n) is 3.89.